The zero-order valence-electron chi connectivity index (χ0n) is 10.2. The van der Waals surface area contributed by atoms with Crippen LogP contribution in [0.1, 0.15) is 16.7 Å². The molecule has 1 aromatic heterocycles. The van der Waals surface area contributed by atoms with E-state index in [9.17, 15) is 13.6 Å². The molecule has 1 heterocycles. The lowest BCUT2D eigenvalue weighted by Gasteiger charge is -2.06. The summed E-state index contributed by atoms with van der Waals surface area (Å²) in [5.74, 6) is -2.45. The summed E-state index contributed by atoms with van der Waals surface area (Å²) in [5, 5.41) is 12.8. The number of benzene rings is 1. The number of carbonyl (C=O) groups excluding carboxylic acids is 1. The fourth-order valence-corrected chi connectivity index (χ4v) is 2.31. The average molecular weight is 319 g/mol. The van der Waals surface area contributed by atoms with E-state index in [4.69, 9.17) is 11.6 Å². The van der Waals surface area contributed by atoms with Crippen LogP contribution in [-0.4, -0.2) is 22.6 Å². The third-order valence-corrected chi connectivity index (χ3v) is 3.37. The highest BCUT2D eigenvalue weighted by molar-refractivity contribution is 7.17. The second-order valence-electron chi connectivity index (χ2n) is 3.64. The Kier molecular flexibility index (Phi) is 4.46. The summed E-state index contributed by atoms with van der Waals surface area (Å²) in [6.07, 6.45) is 0. The molecule has 9 heteroatoms. The van der Waals surface area contributed by atoms with Gasteiger partial charge in [-0.05, 0) is 13.0 Å². The first-order valence-corrected chi connectivity index (χ1v) is 6.74. The van der Waals surface area contributed by atoms with Crippen molar-refractivity contribution in [2.75, 3.05) is 17.2 Å². The highest BCUT2D eigenvalue weighted by Crippen LogP contribution is 2.27. The van der Waals surface area contributed by atoms with Crippen molar-refractivity contribution in [2.45, 2.75) is 6.92 Å². The number of hydrogen-bond donors (Lipinski definition) is 2. The molecule has 2 rings (SSSR count). The minimum Gasteiger partial charge on any atom is -0.360 e. The van der Waals surface area contributed by atoms with Crippen molar-refractivity contribution in [3.63, 3.8) is 0 Å². The van der Waals surface area contributed by atoms with Gasteiger partial charge in [0.2, 0.25) is 10.1 Å². The summed E-state index contributed by atoms with van der Waals surface area (Å²) >= 11 is 6.70. The number of amides is 1. The van der Waals surface area contributed by atoms with Gasteiger partial charge in [0.1, 0.15) is 5.82 Å². The van der Waals surface area contributed by atoms with Crippen LogP contribution in [0.25, 0.3) is 0 Å². The second kappa shape index (κ2) is 6.10. The molecule has 0 atom stereocenters. The van der Waals surface area contributed by atoms with Crippen LogP contribution in [0.2, 0.25) is 5.02 Å². The van der Waals surface area contributed by atoms with E-state index in [2.05, 4.69) is 20.8 Å². The SMILES string of the molecule is CCNc1nnc(C(=O)Nc2c(F)cc(F)cc2Cl)s1. The maximum Gasteiger partial charge on any atom is 0.286 e. The molecule has 1 amide bonds. The van der Waals surface area contributed by atoms with Gasteiger partial charge in [0, 0.05) is 12.6 Å². The maximum absolute atomic E-state index is 13.5. The highest BCUT2D eigenvalue weighted by Gasteiger charge is 2.17. The number of nitrogens with one attached hydrogen (secondary N) is 2. The van der Waals surface area contributed by atoms with Crippen molar-refractivity contribution in [1.29, 1.82) is 0 Å². The Bertz CT molecular complexity index is 626. The van der Waals surface area contributed by atoms with Gasteiger partial charge < -0.3 is 10.6 Å². The Labute approximate surface area is 122 Å². The van der Waals surface area contributed by atoms with Gasteiger partial charge in [0.05, 0.1) is 10.7 Å². The minimum atomic E-state index is -0.959. The van der Waals surface area contributed by atoms with Crippen LogP contribution in [0.15, 0.2) is 12.1 Å². The average Bonchev–Trinajstić information content (AvgIpc) is 2.82. The lowest BCUT2D eigenvalue weighted by Crippen LogP contribution is -2.13. The number of carbonyl (C=O) groups is 1. The van der Waals surface area contributed by atoms with E-state index < -0.39 is 17.5 Å². The maximum atomic E-state index is 13.5. The standard InChI is InChI=1S/C11H9ClF2N4OS/c1-2-15-11-18-17-10(20-11)9(19)16-8-6(12)3-5(13)4-7(8)14/h3-4H,2H2,1H3,(H,15,18)(H,16,19). The molecule has 2 aromatic rings. The first kappa shape index (κ1) is 14.6. The first-order valence-electron chi connectivity index (χ1n) is 5.54. The fourth-order valence-electron chi connectivity index (χ4n) is 1.37. The van der Waals surface area contributed by atoms with Crippen molar-refractivity contribution in [3.8, 4) is 0 Å². The molecule has 0 aliphatic carbocycles. The van der Waals surface area contributed by atoms with Crippen molar-refractivity contribution in [2.24, 2.45) is 0 Å². The van der Waals surface area contributed by atoms with Crippen LogP contribution in [0.4, 0.5) is 19.6 Å². The summed E-state index contributed by atoms with van der Waals surface area (Å²) in [7, 11) is 0. The normalized spacial score (nSPS) is 10.4. The van der Waals surface area contributed by atoms with Crippen LogP contribution in [0.3, 0.4) is 0 Å². The molecule has 1 aromatic carbocycles. The van der Waals surface area contributed by atoms with Gasteiger partial charge in [-0.25, -0.2) is 8.78 Å². The van der Waals surface area contributed by atoms with Crippen molar-refractivity contribution < 1.29 is 13.6 Å². The predicted octanol–water partition coefficient (Wildman–Crippen LogP) is 3.15. The van der Waals surface area contributed by atoms with Crippen LogP contribution in [-0.2, 0) is 0 Å². The van der Waals surface area contributed by atoms with E-state index in [1.807, 2.05) is 6.92 Å². The molecule has 2 N–H and O–H groups in total. The molecule has 0 radical (unpaired) electrons. The summed E-state index contributed by atoms with van der Waals surface area (Å²) in [5.41, 5.74) is -0.293. The Morgan fingerprint density at radius 2 is 2.15 bits per heavy atom. The first-order chi connectivity index (χ1) is 9.51. The highest BCUT2D eigenvalue weighted by atomic mass is 35.5. The second-order valence-corrected chi connectivity index (χ2v) is 5.03. The molecule has 5 nitrogen and oxygen atoms in total. The van der Waals surface area contributed by atoms with Gasteiger partial charge in [0.15, 0.2) is 5.82 Å². The van der Waals surface area contributed by atoms with Crippen LogP contribution in [0, 0.1) is 11.6 Å². The predicted molar refractivity (Wildman–Crippen MR) is 73.4 cm³/mol. The molecule has 0 aliphatic rings. The van der Waals surface area contributed by atoms with Gasteiger partial charge in [-0.1, -0.05) is 22.9 Å². The molecule has 0 saturated carbocycles. The van der Waals surface area contributed by atoms with Crippen molar-refractivity contribution in [1.82, 2.24) is 10.2 Å². The summed E-state index contributed by atoms with van der Waals surface area (Å²) < 4.78 is 26.4. The van der Waals surface area contributed by atoms with Gasteiger partial charge >= 0.3 is 0 Å². The van der Waals surface area contributed by atoms with E-state index in [-0.39, 0.29) is 15.7 Å². The zero-order chi connectivity index (χ0) is 14.7. The van der Waals surface area contributed by atoms with E-state index in [0.717, 1.165) is 17.4 Å². The van der Waals surface area contributed by atoms with Crippen LogP contribution >= 0.6 is 22.9 Å². The number of rotatable bonds is 4. The zero-order valence-corrected chi connectivity index (χ0v) is 11.8. The van der Waals surface area contributed by atoms with E-state index >= 15 is 0 Å². The lowest BCUT2D eigenvalue weighted by atomic mass is 10.3. The van der Waals surface area contributed by atoms with E-state index in [1.165, 1.54) is 0 Å². The number of anilines is 2. The number of nitrogens with zero attached hydrogens (tertiary/aromatic N) is 2. The van der Waals surface area contributed by atoms with Crippen molar-refractivity contribution >= 4 is 39.7 Å². The molecule has 0 aliphatic heterocycles. The van der Waals surface area contributed by atoms with Gasteiger partial charge in [-0.2, -0.15) is 0 Å². The largest absolute Gasteiger partial charge is 0.360 e. The monoisotopic (exact) mass is 318 g/mol. The lowest BCUT2D eigenvalue weighted by molar-refractivity contribution is 0.102. The Morgan fingerprint density at radius 1 is 1.40 bits per heavy atom. The van der Waals surface area contributed by atoms with Gasteiger partial charge in [-0.15, -0.1) is 10.2 Å². The molecule has 0 bridgehead atoms. The van der Waals surface area contributed by atoms with Crippen molar-refractivity contribution in [3.05, 3.63) is 33.8 Å². The fraction of sp³-hybridized carbons (Fsp3) is 0.182. The molecule has 0 unspecified atom stereocenters. The molecule has 0 fully saturated rings. The van der Waals surface area contributed by atoms with Gasteiger partial charge in [-0.3, -0.25) is 4.79 Å². The molecule has 0 spiro atoms. The van der Waals surface area contributed by atoms with Gasteiger partial charge in [0.25, 0.3) is 5.91 Å². The molecular weight excluding hydrogens is 310 g/mol. The number of hydrogen-bond acceptors (Lipinski definition) is 5. The quantitative estimate of drug-likeness (QED) is 0.908. The molecule has 106 valence electrons. The topological polar surface area (TPSA) is 66.9 Å². The van der Waals surface area contributed by atoms with Crippen LogP contribution in [0.5, 0.6) is 0 Å². The molecular formula is C11H9ClF2N4OS. The Morgan fingerprint density at radius 3 is 2.80 bits per heavy atom. The Balaban J connectivity index is 2.19. The smallest absolute Gasteiger partial charge is 0.286 e. The van der Waals surface area contributed by atoms with Crippen LogP contribution < -0.4 is 10.6 Å². The van der Waals surface area contributed by atoms with E-state index in [0.29, 0.717) is 17.7 Å². The molecule has 20 heavy (non-hydrogen) atoms. The Hall–Kier alpha value is -1.80. The molecule has 0 saturated heterocycles. The number of halogens is 3. The number of aromatic nitrogens is 2. The summed E-state index contributed by atoms with van der Waals surface area (Å²) in [6, 6.07) is 1.54. The summed E-state index contributed by atoms with van der Waals surface area (Å²) in [6.45, 7) is 2.50. The summed E-state index contributed by atoms with van der Waals surface area (Å²) in [4.78, 5) is 11.9. The third kappa shape index (κ3) is 3.20. The minimum absolute atomic E-state index is 0.0424. The third-order valence-electron chi connectivity index (χ3n) is 2.19. The van der Waals surface area contributed by atoms with E-state index in [1.54, 1.807) is 0 Å².